The fourth-order valence-electron chi connectivity index (χ4n) is 1.61. The lowest BCUT2D eigenvalue weighted by Crippen LogP contribution is -2.35. The van der Waals surface area contributed by atoms with Gasteiger partial charge in [0.15, 0.2) is 0 Å². The SMILES string of the molecule is CC(C)(C)OC(=O)NCCNc1ccc([N+](=O)[O-])cc1[N+](=O)[O-]. The number of nitro groups is 2. The smallest absolute Gasteiger partial charge is 0.407 e. The summed E-state index contributed by atoms with van der Waals surface area (Å²) >= 11 is 0. The first-order valence-electron chi connectivity index (χ1n) is 6.74. The molecule has 0 spiro atoms. The summed E-state index contributed by atoms with van der Waals surface area (Å²) in [5.74, 6) is 0. The van der Waals surface area contributed by atoms with Crippen LogP contribution in [0.3, 0.4) is 0 Å². The first-order chi connectivity index (χ1) is 10.6. The van der Waals surface area contributed by atoms with Crippen LogP contribution in [0.25, 0.3) is 0 Å². The molecule has 0 saturated carbocycles. The zero-order valence-electron chi connectivity index (χ0n) is 13.0. The second-order valence-corrected chi connectivity index (χ2v) is 5.57. The van der Waals surface area contributed by atoms with E-state index in [1.165, 1.54) is 6.07 Å². The number of hydrogen-bond acceptors (Lipinski definition) is 7. The van der Waals surface area contributed by atoms with Crippen molar-refractivity contribution in [3.8, 4) is 0 Å². The van der Waals surface area contributed by atoms with Crippen LogP contribution in [0.4, 0.5) is 21.9 Å². The molecule has 0 aliphatic heterocycles. The molecule has 0 fully saturated rings. The Bertz CT molecular complexity index is 611. The number of ether oxygens (including phenoxy) is 1. The lowest BCUT2D eigenvalue weighted by molar-refractivity contribution is -0.393. The van der Waals surface area contributed by atoms with Crippen molar-refractivity contribution in [3.63, 3.8) is 0 Å². The van der Waals surface area contributed by atoms with Crippen molar-refractivity contribution in [2.45, 2.75) is 26.4 Å². The van der Waals surface area contributed by atoms with Crippen molar-refractivity contribution in [2.24, 2.45) is 0 Å². The summed E-state index contributed by atoms with van der Waals surface area (Å²) in [6, 6.07) is 3.30. The van der Waals surface area contributed by atoms with E-state index in [9.17, 15) is 25.0 Å². The number of alkyl carbamates (subject to hydrolysis) is 1. The summed E-state index contributed by atoms with van der Waals surface area (Å²) in [4.78, 5) is 31.6. The van der Waals surface area contributed by atoms with E-state index in [2.05, 4.69) is 10.6 Å². The van der Waals surface area contributed by atoms with Crippen LogP contribution in [0.5, 0.6) is 0 Å². The first kappa shape index (κ1) is 18.1. The summed E-state index contributed by atoms with van der Waals surface area (Å²) in [6.07, 6.45) is -0.600. The molecular formula is C13H18N4O6. The van der Waals surface area contributed by atoms with Crippen molar-refractivity contribution in [1.82, 2.24) is 5.32 Å². The molecule has 0 unspecified atom stereocenters. The van der Waals surface area contributed by atoms with Crippen LogP contribution < -0.4 is 10.6 Å². The molecule has 0 heterocycles. The lowest BCUT2D eigenvalue weighted by Gasteiger charge is -2.19. The van der Waals surface area contributed by atoms with Crippen LogP contribution in [0.15, 0.2) is 18.2 Å². The van der Waals surface area contributed by atoms with Crippen LogP contribution >= 0.6 is 0 Å². The third-order valence-electron chi connectivity index (χ3n) is 2.50. The second-order valence-electron chi connectivity index (χ2n) is 5.57. The Morgan fingerprint density at radius 2 is 1.83 bits per heavy atom. The van der Waals surface area contributed by atoms with Gasteiger partial charge in [-0.2, -0.15) is 0 Å². The van der Waals surface area contributed by atoms with E-state index < -0.39 is 27.2 Å². The normalized spacial score (nSPS) is 10.7. The van der Waals surface area contributed by atoms with Crippen molar-refractivity contribution < 1.29 is 19.4 Å². The molecule has 10 nitrogen and oxygen atoms in total. The van der Waals surface area contributed by atoms with Crippen molar-refractivity contribution in [2.75, 3.05) is 18.4 Å². The minimum atomic E-state index is -0.712. The Hall–Kier alpha value is -2.91. The molecule has 0 saturated heterocycles. The number of carbonyl (C=O) groups is 1. The van der Waals surface area contributed by atoms with Gasteiger partial charge in [-0.15, -0.1) is 0 Å². The number of benzene rings is 1. The molecule has 1 aromatic rings. The molecule has 1 aromatic carbocycles. The molecule has 0 aromatic heterocycles. The van der Waals surface area contributed by atoms with Gasteiger partial charge in [-0.3, -0.25) is 20.2 Å². The minimum Gasteiger partial charge on any atom is -0.444 e. The Balaban J connectivity index is 2.60. The summed E-state index contributed by atoms with van der Waals surface area (Å²) in [5, 5.41) is 26.8. The Morgan fingerprint density at radius 3 is 2.35 bits per heavy atom. The summed E-state index contributed by atoms with van der Waals surface area (Å²) < 4.78 is 5.03. The van der Waals surface area contributed by atoms with Gasteiger partial charge in [-0.1, -0.05) is 0 Å². The molecule has 0 aliphatic carbocycles. The highest BCUT2D eigenvalue weighted by atomic mass is 16.6. The van der Waals surface area contributed by atoms with Crippen LogP contribution in [0.1, 0.15) is 20.8 Å². The Kier molecular flexibility index (Phi) is 5.82. The van der Waals surface area contributed by atoms with Crippen LogP contribution in [-0.4, -0.2) is 34.6 Å². The predicted molar refractivity (Wildman–Crippen MR) is 82.5 cm³/mol. The van der Waals surface area contributed by atoms with Crippen molar-refractivity contribution in [1.29, 1.82) is 0 Å². The number of hydrogen-bond donors (Lipinski definition) is 2. The fraction of sp³-hybridized carbons (Fsp3) is 0.462. The quantitative estimate of drug-likeness (QED) is 0.465. The number of amides is 1. The zero-order chi connectivity index (χ0) is 17.6. The number of carbonyl (C=O) groups excluding carboxylic acids is 1. The highest BCUT2D eigenvalue weighted by Gasteiger charge is 2.19. The molecule has 10 heteroatoms. The third-order valence-corrected chi connectivity index (χ3v) is 2.50. The van der Waals surface area contributed by atoms with E-state index in [0.29, 0.717) is 0 Å². The topological polar surface area (TPSA) is 137 Å². The number of nitro benzene ring substituents is 2. The van der Waals surface area contributed by atoms with E-state index in [1.54, 1.807) is 20.8 Å². The highest BCUT2D eigenvalue weighted by Crippen LogP contribution is 2.28. The second kappa shape index (κ2) is 7.38. The molecule has 23 heavy (non-hydrogen) atoms. The molecule has 1 amide bonds. The van der Waals surface area contributed by atoms with Gasteiger partial charge in [-0.25, -0.2) is 4.79 Å². The van der Waals surface area contributed by atoms with E-state index >= 15 is 0 Å². The monoisotopic (exact) mass is 326 g/mol. The minimum absolute atomic E-state index is 0.131. The van der Waals surface area contributed by atoms with Crippen molar-refractivity contribution >= 4 is 23.2 Å². The number of rotatable bonds is 6. The maximum atomic E-state index is 11.4. The van der Waals surface area contributed by atoms with Crippen molar-refractivity contribution in [3.05, 3.63) is 38.4 Å². The molecule has 0 bridgehead atoms. The van der Waals surface area contributed by atoms with Crippen LogP contribution in [0, 0.1) is 20.2 Å². The van der Waals surface area contributed by atoms with Gasteiger partial charge in [0.05, 0.1) is 15.9 Å². The molecule has 2 N–H and O–H groups in total. The van der Waals surface area contributed by atoms with Gasteiger partial charge in [0.25, 0.3) is 11.4 Å². The number of anilines is 1. The maximum Gasteiger partial charge on any atom is 0.407 e. The van der Waals surface area contributed by atoms with Gasteiger partial charge in [0.1, 0.15) is 11.3 Å². The maximum absolute atomic E-state index is 11.4. The highest BCUT2D eigenvalue weighted by molar-refractivity contribution is 5.68. The Labute approximate surface area is 132 Å². The van der Waals surface area contributed by atoms with Gasteiger partial charge in [0, 0.05) is 19.2 Å². The largest absolute Gasteiger partial charge is 0.444 e. The molecule has 0 aliphatic rings. The standard InChI is InChI=1S/C13H18N4O6/c1-13(2,3)23-12(18)15-7-6-14-10-5-4-9(16(19)20)8-11(10)17(21)22/h4-5,8,14H,6-7H2,1-3H3,(H,15,18). The van der Waals surface area contributed by atoms with Crippen LogP contribution in [0.2, 0.25) is 0 Å². The van der Waals surface area contributed by atoms with Gasteiger partial charge in [-0.05, 0) is 26.8 Å². The van der Waals surface area contributed by atoms with E-state index in [-0.39, 0.29) is 24.5 Å². The molecule has 126 valence electrons. The number of nitrogens with one attached hydrogen (secondary N) is 2. The van der Waals surface area contributed by atoms with E-state index in [0.717, 1.165) is 12.1 Å². The predicted octanol–water partition coefficient (Wildman–Crippen LogP) is 2.44. The van der Waals surface area contributed by atoms with Gasteiger partial charge in [0.2, 0.25) is 0 Å². The van der Waals surface area contributed by atoms with E-state index in [1.807, 2.05) is 0 Å². The lowest BCUT2D eigenvalue weighted by atomic mass is 10.2. The summed E-state index contributed by atoms with van der Waals surface area (Å²) in [5.41, 5.74) is -1.26. The number of nitrogens with zero attached hydrogens (tertiary/aromatic N) is 2. The third kappa shape index (κ3) is 6.16. The fourth-order valence-corrected chi connectivity index (χ4v) is 1.61. The summed E-state index contributed by atoms with van der Waals surface area (Å²) in [7, 11) is 0. The molecule has 1 rings (SSSR count). The van der Waals surface area contributed by atoms with Gasteiger partial charge < -0.3 is 15.4 Å². The summed E-state index contributed by atoms with van der Waals surface area (Å²) in [6.45, 7) is 5.54. The van der Waals surface area contributed by atoms with Gasteiger partial charge >= 0.3 is 6.09 Å². The zero-order valence-corrected chi connectivity index (χ0v) is 13.0. The Morgan fingerprint density at radius 1 is 1.17 bits per heavy atom. The van der Waals surface area contributed by atoms with E-state index in [4.69, 9.17) is 4.74 Å². The molecule has 0 radical (unpaired) electrons. The first-order valence-corrected chi connectivity index (χ1v) is 6.74. The van der Waals surface area contributed by atoms with Crippen LogP contribution in [-0.2, 0) is 4.74 Å². The number of non-ortho nitro benzene ring substituents is 1. The molecule has 0 atom stereocenters. The average Bonchev–Trinajstić information content (AvgIpc) is 2.41. The average molecular weight is 326 g/mol. The molecular weight excluding hydrogens is 308 g/mol.